The number of para-hydroxylation sites is 1. The van der Waals surface area contributed by atoms with Crippen LogP contribution in [0.15, 0.2) is 69.2 Å². The monoisotopic (exact) mass is 409 g/mol. The van der Waals surface area contributed by atoms with Crippen LogP contribution in [-0.4, -0.2) is 14.5 Å². The Kier molecular flexibility index (Phi) is 5.76. The standard InChI is InChI=1S/C22H20FN3O2S/c1-2-3-11-26-21(27)18-9-4-5-10-19(18)25-22(26)29-14-17-13-28-20(24-17)15-7-6-8-16(23)12-15/h4-10,12-13H,2-3,11,14H2,1H3. The first-order chi connectivity index (χ1) is 14.2. The molecule has 0 aliphatic heterocycles. The first kappa shape index (κ1) is 19.4. The number of nitrogens with zero attached hydrogens (tertiary/aromatic N) is 3. The zero-order chi connectivity index (χ0) is 20.2. The van der Waals surface area contributed by atoms with Crippen molar-refractivity contribution in [3.63, 3.8) is 0 Å². The van der Waals surface area contributed by atoms with Crippen molar-refractivity contribution in [1.29, 1.82) is 0 Å². The van der Waals surface area contributed by atoms with Crippen molar-refractivity contribution < 1.29 is 8.81 Å². The van der Waals surface area contributed by atoms with Gasteiger partial charge in [-0.3, -0.25) is 9.36 Å². The molecule has 2 aromatic heterocycles. The van der Waals surface area contributed by atoms with E-state index < -0.39 is 0 Å². The molecule has 5 nitrogen and oxygen atoms in total. The highest BCUT2D eigenvalue weighted by Crippen LogP contribution is 2.25. The topological polar surface area (TPSA) is 60.9 Å². The Morgan fingerprint density at radius 1 is 1.14 bits per heavy atom. The molecule has 0 bridgehead atoms. The SMILES string of the molecule is CCCCn1c(SCc2coc(-c3cccc(F)c3)n2)nc2ccccc2c1=O. The maximum atomic E-state index is 13.4. The fraction of sp³-hybridized carbons (Fsp3) is 0.227. The van der Waals surface area contributed by atoms with Gasteiger partial charge in [0.25, 0.3) is 5.56 Å². The van der Waals surface area contributed by atoms with E-state index in [1.807, 2.05) is 24.3 Å². The predicted molar refractivity (Wildman–Crippen MR) is 112 cm³/mol. The van der Waals surface area contributed by atoms with Crippen LogP contribution in [0, 0.1) is 5.82 Å². The molecule has 0 saturated heterocycles. The Hall–Kier alpha value is -2.93. The van der Waals surface area contributed by atoms with Crippen LogP contribution in [0.25, 0.3) is 22.4 Å². The summed E-state index contributed by atoms with van der Waals surface area (Å²) in [6.45, 7) is 2.72. The summed E-state index contributed by atoms with van der Waals surface area (Å²) in [5.74, 6) is 0.530. The molecule has 0 saturated carbocycles. The minimum absolute atomic E-state index is 0.0212. The number of rotatable bonds is 7. The molecular formula is C22H20FN3O2S. The Bertz CT molecular complexity index is 1200. The van der Waals surface area contributed by atoms with E-state index in [-0.39, 0.29) is 11.4 Å². The minimum Gasteiger partial charge on any atom is -0.444 e. The number of halogens is 1. The average molecular weight is 409 g/mol. The molecule has 0 radical (unpaired) electrons. The molecule has 0 aliphatic carbocycles. The molecule has 148 valence electrons. The summed E-state index contributed by atoms with van der Waals surface area (Å²) in [5.41, 5.74) is 1.96. The van der Waals surface area contributed by atoms with E-state index in [0.29, 0.717) is 45.5 Å². The fourth-order valence-corrected chi connectivity index (χ4v) is 3.94. The second kappa shape index (κ2) is 8.61. The van der Waals surface area contributed by atoms with Crippen LogP contribution in [0.3, 0.4) is 0 Å². The van der Waals surface area contributed by atoms with Crippen LogP contribution in [0.4, 0.5) is 4.39 Å². The van der Waals surface area contributed by atoms with Gasteiger partial charge in [-0.25, -0.2) is 14.4 Å². The summed E-state index contributed by atoms with van der Waals surface area (Å²) < 4.78 is 20.7. The molecule has 0 atom stereocenters. The van der Waals surface area contributed by atoms with Crippen molar-refractivity contribution in [3.8, 4) is 11.5 Å². The Balaban J connectivity index is 1.60. The molecule has 0 aliphatic rings. The lowest BCUT2D eigenvalue weighted by molar-refractivity contribution is 0.557. The lowest BCUT2D eigenvalue weighted by Gasteiger charge is -2.12. The highest BCUT2D eigenvalue weighted by Gasteiger charge is 2.13. The quantitative estimate of drug-likeness (QED) is 0.307. The van der Waals surface area contributed by atoms with Crippen LogP contribution in [0.1, 0.15) is 25.5 Å². The Morgan fingerprint density at radius 2 is 2.00 bits per heavy atom. The maximum Gasteiger partial charge on any atom is 0.262 e. The van der Waals surface area contributed by atoms with Crippen molar-refractivity contribution >= 4 is 22.7 Å². The number of unbranched alkanes of at least 4 members (excludes halogenated alkanes) is 1. The van der Waals surface area contributed by atoms with Gasteiger partial charge in [-0.05, 0) is 36.8 Å². The normalized spacial score (nSPS) is 11.2. The van der Waals surface area contributed by atoms with Crippen molar-refractivity contribution in [2.75, 3.05) is 0 Å². The van der Waals surface area contributed by atoms with Gasteiger partial charge in [0, 0.05) is 17.9 Å². The number of thioether (sulfide) groups is 1. The summed E-state index contributed by atoms with van der Waals surface area (Å²) >= 11 is 1.45. The van der Waals surface area contributed by atoms with E-state index in [1.54, 1.807) is 23.0 Å². The zero-order valence-corrected chi connectivity index (χ0v) is 16.8. The molecule has 0 amide bonds. The molecule has 0 spiro atoms. The third-order valence-corrected chi connectivity index (χ3v) is 5.54. The summed E-state index contributed by atoms with van der Waals surface area (Å²) in [7, 11) is 0. The highest BCUT2D eigenvalue weighted by molar-refractivity contribution is 7.98. The van der Waals surface area contributed by atoms with E-state index in [4.69, 9.17) is 9.40 Å². The second-order valence-corrected chi connectivity index (χ2v) is 7.61. The number of aromatic nitrogens is 3. The van der Waals surface area contributed by atoms with E-state index in [0.717, 1.165) is 12.8 Å². The number of fused-ring (bicyclic) bond motifs is 1. The molecule has 29 heavy (non-hydrogen) atoms. The summed E-state index contributed by atoms with van der Waals surface area (Å²) in [6.07, 6.45) is 3.45. The molecule has 2 aromatic carbocycles. The number of hydrogen-bond acceptors (Lipinski definition) is 5. The molecule has 2 heterocycles. The van der Waals surface area contributed by atoms with Crippen molar-refractivity contribution in [1.82, 2.24) is 14.5 Å². The van der Waals surface area contributed by atoms with Crippen LogP contribution in [-0.2, 0) is 12.3 Å². The number of oxazole rings is 1. The third kappa shape index (κ3) is 4.24. The van der Waals surface area contributed by atoms with E-state index in [1.165, 1.54) is 23.9 Å². The lowest BCUT2D eigenvalue weighted by Crippen LogP contribution is -2.23. The molecule has 0 fully saturated rings. The van der Waals surface area contributed by atoms with Crippen LogP contribution in [0.2, 0.25) is 0 Å². The number of hydrogen-bond donors (Lipinski definition) is 0. The van der Waals surface area contributed by atoms with Gasteiger partial charge in [0.05, 0.1) is 16.6 Å². The second-order valence-electron chi connectivity index (χ2n) is 6.66. The fourth-order valence-electron chi connectivity index (χ4n) is 3.04. The maximum absolute atomic E-state index is 13.4. The summed E-state index contributed by atoms with van der Waals surface area (Å²) in [5, 5.41) is 1.29. The Labute approximate surface area is 171 Å². The lowest BCUT2D eigenvalue weighted by atomic mass is 10.2. The van der Waals surface area contributed by atoms with Gasteiger partial charge in [-0.2, -0.15) is 0 Å². The van der Waals surface area contributed by atoms with Gasteiger partial charge < -0.3 is 4.42 Å². The minimum atomic E-state index is -0.336. The van der Waals surface area contributed by atoms with Crippen LogP contribution < -0.4 is 5.56 Å². The van der Waals surface area contributed by atoms with E-state index >= 15 is 0 Å². The molecule has 4 aromatic rings. The summed E-state index contributed by atoms with van der Waals surface area (Å²) in [6, 6.07) is 13.5. The number of benzene rings is 2. The smallest absolute Gasteiger partial charge is 0.262 e. The summed E-state index contributed by atoms with van der Waals surface area (Å²) in [4.78, 5) is 22.1. The Morgan fingerprint density at radius 3 is 2.83 bits per heavy atom. The first-order valence-corrected chi connectivity index (χ1v) is 10.5. The van der Waals surface area contributed by atoms with Crippen LogP contribution in [0.5, 0.6) is 0 Å². The molecule has 0 N–H and O–H groups in total. The molecule has 0 unspecified atom stereocenters. The van der Waals surface area contributed by atoms with Gasteiger partial charge in [0.1, 0.15) is 12.1 Å². The first-order valence-electron chi connectivity index (χ1n) is 9.48. The average Bonchev–Trinajstić information content (AvgIpc) is 3.21. The van der Waals surface area contributed by atoms with Gasteiger partial charge in [0.2, 0.25) is 5.89 Å². The van der Waals surface area contributed by atoms with Gasteiger partial charge in [-0.1, -0.05) is 43.3 Å². The van der Waals surface area contributed by atoms with Gasteiger partial charge in [-0.15, -0.1) is 0 Å². The molecule has 7 heteroatoms. The molecule has 4 rings (SSSR count). The van der Waals surface area contributed by atoms with Crippen molar-refractivity contribution in [2.45, 2.75) is 37.2 Å². The third-order valence-electron chi connectivity index (χ3n) is 4.53. The van der Waals surface area contributed by atoms with Crippen molar-refractivity contribution in [2.24, 2.45) is 0 Å². The largest absolute Gasteiger partial charge is 0.444 e. The van der Waals surface area contributed by atoms with Crippen LogP contribution >= 0.6 is 11.8 Å². The highest BCUT2D eigenvalue weighted by atomic mass is 32.2. The van der Waals surface area contributed by atoms with Gasteiger partial charge >= 0.3 is 0 Å². The molecular weight excluding hydrogens is 389 g/mol. The van der Waals surface area contributed by atoms with E-state index in [2.05, 4.69) is 11.9 Å². The zero-order valence-electron chi connectivity index (χ0n) is 16.0. The predicted octanol–water partition coefficient (Wildman–Crippen LogP) is 5.28. The van der Waals surface area contributed by atoms with Crippen molar-refractivity contribution in [3.05, 3.63) is 76.7 Å². The van der Waals surface area contributed by atoms with Gasteiger partial charge in [0.15, 0.2) is 5.16 Å². The van der Waals surface area contributed by atoms with E-state index in [9.17, 15) is 9.18 Å².